The number of rotatable bonds is 4. The van der Waals surface area contributed by atoms with E-state index in [9.17, 15) is 0 Å². The Balaban J connectivity index is 0.000000989. The minimum Gasteiger partial charge on any atom is -0.0987 e. The summed E-state index contributed by atoms with van der Waals surface area (Å²) in [4.78, 5) is 0. The van der Waals surface area contributed by atoms with Gasteiger partial charge in [-0.2, -0.15) is 0 Å². The van der Waals surface area contributed by atoms with Crippen LogP contribution in [0.4, 0.5) is 0 Å². The lowest BCUT2D eigenvalue weighted by Crippen LogP contribution is -2.30. The number of hydrogen-bond donors (Lipinski definition) is 0. The lowest BCUT2D eigenvalue weighted by Gasteiger charge is -2.36. The van der Waals surface area contributed by atoms with Crippen LogP contribution in [0.15, 0.2) is 107 Å². The molecule has 0 fully saturated rings. The zero-order chi connectivity index (χ0) is 22.0. The summed E-state index contributed by atoms with van der Waals surface area (Å²) in [7, 11) is 0. The minimum absolute atomic E-state index is 0.296. The van der Waals surface area contributed by atoms with Gasteiger partial charge in [-0.1, -0.05) is 113 Å². The van der Waals surface area contributed by atoms with E-state index in [4.69, 9.17) is 0 Å². The van der Waals surface area contributed by atoms with Gasteiger partial charge in [0.05, 0.1) is 5.41 Å². The van der Waals surface area contributed by atoms with Gasteiger partial charge in [0.2, 0.25) is 0 Å². The Kier molecular flexibility index (Phi) is 9.62. The van der Waals surface area contributed by atoms with E-state index >= 15 is 0 Å². The molecule has 29 heavy (non-hydrogen) atoms. The average molecular weight is 387 g/mol. The topological polar surface area (TPSA) is 0 Å². The first-order valence-corrected chi connectivity index (χ1v) is 10.8. The number of benzene rings is 2. The van der Waals surface area contributed by atoms with E-state index < -0.39 is 0 Å². The fraction of sp³-hybridized carbons (Fsp3) is 0.310. The Morgan fingerprint density at radius 1 is 0.690 bits per heavy atom. The maximum atomic E-state index is 4.18. The van der Waals surface area contributed by atoms with E-state index in [1.807, 2.05) is 33.8 Å². The van der Waals surface area contributed by atoms with Gasteiger partial charge in [-0.25, -0.2) is 0 Å². The predicted octanol–water partition coefficient (Wildman–Crippen LogP) is 8.82. The summed E-state index contributed by atoms with van der Waals surface area (Å²) in [6, 6.07) is 21.6. The van der Waals surface area contributed by atoms with Crippen molar-refractivity contribution < 1.29 is 0 Å². The summed E-state index contributed by atoms with van der Waals surface area (Å²) in [5, 5.41) is 0. The molecular weight excluding hydrogens is 348 g/mol. The van der Waals surface area contributed by atoms with Crippen LogP contribution in [0.1, 0.15) is 66.5 Å². The Morgan fingerprint density at radius 2 is 1.07 bits per heavy atom. The summed E-state index contributed by atoms with van der Waals surface area (Å²) < 4.78 is 0. The molecule has 0 heterocycles. The van der Waals surface area contributed by atoms with Gasteiger partial charge in [0.15, 0.2) is 0 Å². The first-order valence-electron chi connectivity index (χ1n) is 10.8. The highest BCUT2D eigenvalue weighted by Crippen LogP contribution is 2.54. The molecular formula is C29H38. The molecule has 3 rings (SSSR count). The molecule has 0 heteroatoms. The van der Waals surface area contributed by atoms with Gasteiger partial charge in [-0.05, 0) is 61.1 Å². The quantitative estimate of drug-likeness (QED) is 0.492. The molecule has 0 aliphatic heterocycles. The Labute approximate surface area is 179 Å². The molecule has 2 aromatic rings. The molecule has 0 N–H and O–H groups in total. The van der Waals surface area contributed by atoms with Crippen molar-refractivity contribution in [1.29, 1.82) is 0 Å². The van der Waals surface area contributed by atoms with E-state index in [0.29, 0.717) is 0 Å². The van der Waals surface area contributed by atoms with Crippen molar-refractivity contribution in [2.75, 3.05) is 0 Å². The van der Waals surface area contributed by atoms with Crippen molar-refractivity contribution >= 4 is 0 Å². The van der Waals surface area contributed by atoms with Crippen LogP contribution in [0.2, 0.25) is 0 Å². The summed E-state index contributed by atoms with van der Waals surface area (Å²) in [6.45, 7) is 21.0. The monoisotopic (exact) mass is 386 g/mol. The van der Waals surface area contributed by atoms with Crippen LogP contribution in [0, 0.1) is 0 Å². The predicted molar refractivity (Wildman–Crippen MR) is 131 cm³/mol. The first kappa shape index (κ1) is 24.4. The van der Waals surface area contributed by atoms with Crippen molar-refractivity contribution in [2.24, 2.45) is 0 Å². The number of hydrogen-bond acceptors (Lipinski definition) is 0. The molecule has 0 amide bonds. The van der Waals surface area contributed by atoms with Crippen LogP contribution >= 0.6 is 0 Å². The summed E-state index contributed by atoms with van der Waals surface area (Å²) in [5.41, 5.74) is 8.92. The largest absolute Gasteiger partial charge is 0.0987 e. The molecule has 0 spiro atoms. The fourth-order valence-electron chi connectivity index (χ4n) is 4.09. The molecule has 0 bridgehead atoms. The normalized spacial score (nSPS) is 14.3. The zero-order valence-corrected chi connectivity index (χ0v) is 19.6. The molecule has 0 saturated carbocycles. The van der Waals surface area contributed by atoms with Gasteiger partial charge in [0, 0.05) is 0 Å². The van der Waals surface area contributed by atoms with E-state index in [0.717, 1.165) is 0 Å². The van der Waals surface area contributed by atoms with E-state index in [-0.39, 0.29) is 5.41 Å². The molecule has 154 valence electrons. The first-order chi connectivity index (χ1) is 14.0. The SMILES string of the molecule is C=CC1=C(C)C(C)=C(C=C(C)C)C1(c1ccccc1)c1ccccc1.CC.CC. The molecule has 0 aromatic heterocycles. The van der Waals surface area contributed by atoms with Crippen molar-refractivity contribution in [3.63, 3.8) is 0 Å². The molecule has 1 aliphatic rings. The van der Waals surface area contributed by atoms with Gasteiger partial charge in [-0.3, -0.25) is 0 Å². The van der Waals surface area contributed by atoms with E-state index in [2.05, 4.69) is 101 Å². The van der Waals surface area contributed by atoms with E-state index in [1.165, 1.54) is 39.0 Å². The van der Waals surface area contributed by atoms with Gasteiger partial charge in [0.25, 0.3) is 0 Å². The van der Waals surface area contributed by atoms with Crippen molar-refractivity contribution in [3.05, 3.63) is 118 Å². The maximum absolute atomic E-state index is 4.18. The molecule has 0 saturated heterocycles. The van der Waals surface area contributed by atoms with Gasteiger partial charge < -0.3 is 0 Å². The van der Waals surface area contributed by atoms with Crippen LogP contribution in [-0.2, 0) is 5.41 Å². The lowest BCUT2D eigenvalue weighted by atomic mass is 9.65. The summed E-state index contributed by atoms with van der Waals surface area (Å²) >= 11 is 0. The minimum atomic E-state index is -0.296. The van der Waals surface area contributed by atoms with Crippen LogP contribution in [0.5, 0.6) is 0 Å². The van der Waals surface area contributed by atoms with Crippen LogP contribution < -0.4 is 0 Å². The van der Waals surface area contributed by atoms with Gasteiger partial charge >= 0.3 is 0 Å². The summed E-state index contributed by atoms with van der Waals surface area (Å²) in [6.07, 6.45) is 4.39. The number of allylic oxidation sites excluding steroid dienone is 7. The van der Waals surface area contributed by atoms with E-state index in [1.54, 1.807) is 0 Å². The third-order valence-corrected chi connectivity index (χ3v) is 5.23. The van der Waals surface area contributed by atoms with Gasteiger partial charge in [-0.15, -0.1) is 0 Å². The molecule has 0 atom stereocenters. The fourth-order valence-corrected chi connectivity index (χ4v) is 4.09. The molecule has 0 nitrogen and oxygen atoms in total. The average Bonchev–Trinajstić information content (AvgIpc) is 2.99. The second-order valence-corrected chi connectivity index (χ2v) is 6.99. The highest BCUT2D eigenvalue weighted by Gasteiger charge is 2.45. The third kappa shape index (κ3) is 4.53. The Morgan fingerprint density at radius 3 is 1.41 bits per heavy atom. The van der Waals surface area contributed by atoms with Crippen LogP contribution in [0.25, 0.3) is 0 Å². The zero-order valence-electron chi connectivity index (χ0n) is 19.6. The van der Waals surface area contributed by atoms with Crippen LogP contribution in [0.3, 0.4) is 0 Å². The van der Waals surface area contributed by atoms with Crippen molar-refractivity contribution in [1.82, 2.24) is 0 Å². The standard InChI is InChI=1S/C25H26.2C2H6/c1-6-23-19(4)20(5)24(17-18(2)3)25(23,21-13-9-7-10-14-21)22-15-11-8-12-16-22;2*1-2/h6-17H,1H2,2-5H3;2*1-2H3. The molecule has 1 aliphatic carbocycles. The Hall–Kier alpha value is -2.60. The second-order valence-electron chi connectivity index (χ2n) is 6.99. The maximum Gasteiger partial charge on any atom is 0.0706 e. The van der Waals surface area contributed by atoms with Crippen LogP contribution in [-0.4, -0.2) is 0 Å². The lowest BCUT2D eigenvalue weighted by molar-refractivity contribution is 0.752. The van der Waals surface area contributed by atoms with Crippen molar-refractivity contribution in [3.8, 4) is 0 Å². The molecule has 2 aromatic carbocycles. The van der Waals surface area contributed by atoms with Crippen molar-refractivity contribution in [2.45, 2.75) is 60.8 Å². The highest BCUT2D eigenvalue weighted by atomic mass is 14.5. The molecule has 0 radical (unpaired) electrons. The highest BCUT2D eigenvalue weighted by molar-refractivity contribution is 5.72. The van der Waals surface area contributed by atoms with Gasteiger partial charge in [0.1, 0.15) is 0 Å². The Bertz CT molecular complexity index is 831. The summed E-state index contributed by atoms with van der Waals surface area (Å²) in [5.74, 6) is 0. The molecule has 0 unspecified atom stereocenters. The third-order valence-electron chi connectivity index (χ3n) is 5.23. The second kappa shape index (κ2) is 11.4. The smallest absolute Gasteiger partial charge is 0.0706 e.